The predicted molar refractivity (Wildman–Crippen MR) is 123 cm³/mol. The number of nitrogens with one attached hydrogen (secondary N) is 1. The highest BCUT2D eigenvalue weighted by Gasteiger charge is 2.33. The van der Waals surface area contributed by atoms with Gasteiger partial charge in [0.2, 0.25) is 5.91 Å². The lowest BCUT2D eigenvalue weighted by atomic mass is 10.0. The van der Waals surface area contributed by atoms with Crippen LogP contribution in [0.3, 0.4) is 0 Å². The second-order valence-corrected chi connectivity index (χ2v) is 8.82. The van der Waals surface area contributed by atoms with E-state index in [4.69, 9.17) is 14.6 Å². The smallest absolute Gasteiger partial charge is 0.384 e. The van der Waals surface area contributed by atoms with Gasteiger partial charge in [-0.1, -0.05) is 0 Å². The molecular weight excluding hydrogens is 495 g/mol. The Labute approximate surface area is 211 Å². The van der Waals surface area contributed by atoms with Crippen LogP contribution in [-0.4, -0.2) is 71.7 Å². The van der Waals surface area contributed by atoms with Gasteiger partial charge in [0.25, 0.3) is 5.88 Å². The fourth-order valence-electron chi connectivity index (χ4n) is 4.25. The van der Waals surface area contributed by atoms with E-state index in [9.17, 15) is 23.2 Å². The summed E-state index contributed by atoms with van der Waals surface area (Å²) in [7, 11) is 1.56. The molecule has 2 aromatic rings. The van der Waals surface area contributed by atoms with Gasteiger partial charge in [-0.25, -0.2) is 4.98 Å². The van der Waals surface area contributed by atoms with Gasteiger partial charge < -0.3 is 19.4 Å². The molecule has 0 aromatic carbocycles. The molecule has 198 valence electrons. The summed E-state index contributed by atoms with van der Waals surface area (Å²) < 4.78 is 41.6. The van der Waals surface area contributed by atoms with Gasteiger partial charge in [0, 0.05) is 55.9 Å². The van der Waals surface area contributed by atoms with Crippen molar-refractivity contribution < 1.29 is 32.4 Å². The Hall–Kier alpha value is -3.54. The van der Waals surface area contributed by atoms with Crippen LogP contribution in [0.15, 0.2) is 18.3 Å². The molecule has 4 rings (SSSR count). The SMILES string of the molecule is COCCC(=O)N1CCN(c2nc(C3CC3)c(-c3cnnc(ONOC(F)(F)F)c3)cc2C#N)CC1C. The summed E-state index contributed by atoms with van der Waals surface area (Å²) in [5.41, 5.74) is 3.54. The van der Waals surface area contributed by atoms with Crippen molar-refractivity contribution in [2.24, 2.45) is 0 Å². The zero-order chi connectivity index (χ0) is 26.6. The molecule has 1 atom stereocenters. The monoisotopic (exact) mass is 521 g/mol. The van der Waals surface area contributed by atoms with E-state index in [0.717, 1.165) is 18.5 Å². The number of carbonyl (C=O) groups is 1. The predicted octanol–water partition coefficient (Wildman–Crippen LogP) is 2.70. The maximum absolute atomic E-state index is 12.5. The zero-order valence-electron chi connectivity index (χ0n) is 20.3. The minimum atomic E-state index is -4.94. The van der Waals surface area contributed by atoms with E-state index in [1.807, 2.05) is 16.7 Å². The lowest BCUT2D eigenvalue weighted by molar-refractivity contribution is -0.381. The number of methoxy groups -OCH3 is 1. The number of rotatable bonds is 9. The number of carbonyl (C=O) groups excluding carboxylic acids is 1. The average Bonchev–Trinajstić information content (AvgIpc) is 3.71. The van der Waals surface area contributed by atoms with Crippen molar-refractivity contribution in [1.82, 2.24) is 25.7 Å². The van der Waals surface area contributed by atoms with Gasteiger partial charge in [0.15, 0.2) is 0 Å². The molecule has 1 saturated heterocycles. The van der Waals surface area contributed by atoms with Gasteiger partial charge in [0.05, 0.1) is 30.5 Å². The first kappa shape index (κ1) is 26.5. The van der Waals surface area contributed by atoms with Crippen molar-refractivity contribution in [1.29, 1.82) is 5.26 Å². The molecule has 2 aromatic heterocycles. The Kier molecular flexibility index (Phi) is 8.06. The van der Waals surface area contributed by atoms with E-state index in [-0.39, 0.29) is 23.7 Å². The van der Waals surface area contributed by atoms with Gasteiger partial charge in [-0.05, 0) is 31.5 Å². The number of ether oxygens (including phenoxy) is 1. The summed E-state index contributed by atoms with van der Waals surface area (Å²) in [4.78, 5) is 29.3. The van der Waals surface area contributed by atoms with Crippen LogP contribution >= 0.6 is 0 Å². The van der Waals surface area contributed by atoms with Crippen molar-refractivity contribution >= 4 is 11.7 Å². The van der Waals surface area contributed by atoms with Crippen LogP contribution in [0.25, 0.3) is 11.1 Å². The molecule has 1 N–H and O–H groups in total. The van der Waals surface area contributed by atoms with Crippen molar-refractivity contribution in [2.75, 3.05) is 38.3 Å². The van der Waals surface area contributed by atoms with E-state index < -0.39 is 6.36 Å². The number of pyridine rings is 1. The van der Waals surface area contributed by atoms with Crippen molar-refractivity contribution in [3.63, 3.8) is 0 Å². The molecule has 1 aliphatic carbocycles. The Balaban J connectivity index is 1.57. The minimum absolute atomic E-state index is 0.0230. The summed E-state index contributed by atoms with van der Waals surface area (Å²) in [6.45, 7) is 3.86. The number of aromatic nitrogens is 3. The number of amides is 1. The molecule has 1 aliphatic heterocycles. The number of piperazine rings is 1. The number of halogens is 3. The maximum atomic E-state index is 12.5. The Morgan fingerprint density at radius 2 is 2.08 bits per heavy atom. The van der Waals surface area contributed by atoms with Crippen LogP contribution in [0.1, 0.15) is 43.4 Å². The second kappa shape index (κ2) is 11.2. The Morgan fingerprint density at radius 1 is 1.30 bits per heavy atom. The molecule has 2 fully saturated rings. The van der Waals surface area contributed by atoms with Gasteiger partial charge in [-0.2, -0.15) is 15.2 Å². The Morgan fingerprint density at radius 3 is 2.73 bits per heavy atom. The maximum Gasteiger partial charge on any atom is 0.541 e. The minimum Gasteiger partial charge on any atom is -0.384 e. The van der Waals surface area contributed by atoms with Crippen LogP contribution in [0.2, 0.25) is 0 Å². The van der Waals surface area contributed by atoms with Crippen molar-refractivity contribution in [3.05, 3.63) is 29.6 Å². The summed E-state index contributed by atoms with van der Waals surface area (Å²) in [5.74, 6) is 0.492. The second-order valence-electron chi connectivity index (χ2n) is 8.82. The topological polar surface area (TPSA) is 126 Å². The highest BCUT2D eigenvalue weighted by molar-refractivity contribution is 5.77. The van der Waals surface area contributed by atoms with E-state index >= 15 is 0 Å². The molecule has 0 radical (unpaired) electrons. The Bertz CT molecular complexity index is 1170. The van der Waals surface area contributed by atoms with Crippen molar-refractivity contribution in [2.45, 2.75) is 44.5 Å². The van der Waals surface area contributed by atoms with E-state index in [0.29, 0.717) is 55.2 Å². The summed E-state index contributed by atoms with van der Waals surface area (Å²) in [6, 6.07) is 5.22. The van der Waals surface area contributed by atoms with Crippen LogP contribution in [0, 0.1) is 11.3 Å². The van der Waals surface area contributed by atoms with Crippen LogP contribution in [0.5, 0.6) is 5.88 Å². The molecule has 1 amide bonds. The largest absolute Gasteiger partial charge is 0.541 e. The van der Waals surface area contributed by atoms with Gasteiger partial charge in [0.1, 0.15) is 11.9 Å². The van der Waals surface area contributed by atoms with Crippen molar-refractivity contribution in [3.8, 4) is 23.1 Å². The quantitative estimate of drug-likeness (QED) is 0.492. The average molecular weight is 522 g/mol. The summed E-state index contributed by atoms with van der Waals surface area (Å²) in [6.07, 6.45) is -1.36. The molecule has 1 saturated carbocycles. The van der Waals surface area contributed by atoms with Gasteiger partial charge >= 0.3 is 6.36 Å². The molecule has 0 spiro atoms. The van der Waals surface area contributed by atoms with E-state index in [1.165, 1.54) is 17.9 Å². The third-order valence-corrected chi connectivity index (χ3v) is 6.13. The molecule has 37 heavy (non-hydrogen) atoms. The molecule has 0 bridgehead atoms. The van der Waals surface area contributed by atoms with Gasteiger partial charge in [-0.3, -0.25) is 4.79 Å². The van der Waals surface area contributed by atoms with E-state index in [2.05, 4.69) is 21.1 Å². The molecule has 14 heteroatoms. The molecule has 1 unspecified atom stereocenters. The number of hydrogen-bond acceptors (Lipinski definition) is 10. The lowest BCUT2D eigenvalue weighted by Crippen LogP contribution is -2.54. The van der Waals surface area contributed by atoms with Crippen LogP contribution < -0.4 is 15.4 Å². The number of hydrogen-bond donors (Lipinski definition) is 1. The number of nitriles is 1. The van der Waals surface area contributed by atoms with E-state index in [1.54, 1.807) is 13.2 Å². The van der Waals surface area contributed by atoms with Gasteiger partial charge in [-0.15, -0.1) is 18.3 Å². The standard InChI is InChI=1S/C23H26F3N7O4/c1-14-13-32(6-7-33(14)20(34)5-8-35-2)22-16(11-27)9-18(21(29-22)15-3-4-15)17-10-19(30-28-12-17)36-31-37-23(24,25)26/h9-10,12,14-15,31H,3-8,13H2,1-2H3. The zero-order valence-corrected chi connectivity index (χ0v) is 20.3. The summed E-state index contributed by atoms with van der Waals surface area (Å²) >= 11 is 0. The summed E-state index contributed by atoms with van der Waals surface area (Å²) in [5, 5.41) is 17.4. The lowest BCUT2D eigenvalue weighted by Gasteiger charge is -2.41. The first-order chi connectivity index (χ1) is 17.7. The molecule has 11 nitrogen and oxygen atoms in total. The van der Waals surface area contributed by atoms with Crippen LogP contribution in [-0.2, 0) is 14.4 Å². The van der Waals surface area contributed by atoms with Crippen LogP contribution in [0.4, 0.5) is 19.0 Å². The third kappa shape index (κ3) is 6.62. The molecule has 3 heterocycles. The first-order valence-electron chi connectivity index (χ1n) is 11.7. The number of nitrogens with zero attached hydrogens (tertiary/aromatic N) is 6. The first-order valence-corrected chi connectivity index (χ1v) is 11.7. The fourth-order valence-corrected chi connectivity index (χ4v) is 4.25. The number of anilines is 1. The highest BCUT2D eigenvalue weighted by atomic mass is 19.4. The normalized spacial score (nSPS) is 18.0. The molecule has 2 aliphatic rings. The number of alkyl halides is 3. The fraction of sp³-hybridized carbons (Fsp3) is 0.522. The highest BCUT2D eigenvalue weighted by Crippen LogP contribution is 2.45. The molecular formula is C23H26F3N7O4. The third-order valence-electron chi connectivity index (χ3n) is 6.13.